The Morgan fingerprint density at radius 1 is 1.03 bits per heavy atom. The van der Waals surface area contributed by atoms with Gasteiger partial charge in [-0.3, -0.25) is 0 Å². The Balaban J connectivity index is 1.82. The van der Waals surface area contributed by atoms with Crippen LogP contribution >= 0.6 is 0 Å². The third-order valence-electron chi connectivity index (χ3n) is 4.69. The molecule has 0 N–H and O–H groups in total. The van der Waals surface area contributed by atoms with E-state index in [9.17, 15) is 0 Å². The van der Waals surface area contributed by atoms with Gasteiger partial charge in [-0.05, 0) is 87.4 Å². The second kappa shape index (κ2) is 11.9. The molecule has 2 aromatic rings. The zero-order valence-electron chi connectivity index (χ0n) is 18.3. The molecule has 0 saturated heterocycles. The van der Waals surface area contributed by atoms with Gasteiger partial charge in [-0.1, -0.05) is 35.5 Å². The number of unbranched alkanes of at least 4 members (excludes halogenated alkanes) is 1. The minimum Gasteiger partial charge on any atom is -0.493 e. The molecule has 0 aliphatic heterocycles. The van der Waals surface area contributed by atoms with E-state index in [2.05, 4.69) is 43.3 Å². The SMILES string of the molecule is C/C=C/COc1cc(C)c(OCCCCc2cccc(/C(C)=N\OC)c2)c(C)c1. The van der Waals surface area contributed by atoms with Gasteiger partial charge in [-0.15, -0.1) is 0 Å². The number of nitrogens with zero attached hydrogens (tertiary/aromatic N) is 1. The molecule has 0 amide bonds. The highest BCUT2D eigenvalue weighted by Gasteiger charge is 2.07. The lowest BCUT2D eigenvalue weighted by Gasteiger charge is -2.14. The largest absolute Gasteiger partial charge is 0.493 e. The van der Waals surface area contributed by atoms with E-state index in [4.69, 9.17) is 14.3 Å². The van der Waals surface area contributed by atoms with Gasteiger partial charge in [0.2, 0.25) is 0 Å². The number of ether oxygens (including phenoxy) is 2. The molecular weight excluding hydrogens is 362 g/mol. The van der Waals surface area contributed by atoms with Gasteiger partial charge in [0.25, 0.3) is 0 Å². The van der Waals surface area contributed by atoms with Crippen molar-refractivity contribution in [3.63, 3.8) is 0 Å². The fourth-order valence-electron chi connectivity index (χ4n) is 3.21. The van der Waals surface area contributed by atoms with Crippen molar-refractivity contribution in [1.82, 2.24) is 0 Å². The number of allylic oxidation sites excluding steroid dienone is 1. The fourth-order valence-corrected chi connectivity index (χ4v) is 3.21. The van der Waals surface area contributed by atoms with Crippen LogP contribution in [0.15, 0.2) is 53.7 Å². The van der Waals surface area contributed by atoms with Crippen LogP contribution in [0.25, 0.3) is 0 Å². The van der Waals surface area contributed by atoms with Crippen molar-refractivity contribution < 1.29 is 14.3 Å². The first-order chi connectivity index (χ1) is 14.0. The van der Waals surface area contributed by atoms with Crippen LogP contribution in [0.1, 0.15) is 48.9 Å². The molecule has 0 radical (unpaired) electrons. The molecule has 0 bridgehead atoms. The van der Waals surface area contributed by atoms with Crippen molar-refractivity contribution in [2.75, 3.05) is 20.3 Å². The molecule has 2 aromatic carbocycles. The van der Waals surface area contributed by atoms with Gasteiger partial charge in [0.05, 0.1) is 12.3 Å². The molecule has 0 unspecified atom stereocenters. The number of benzene rings is 2. The van der Waals surface area contributed by atoms with Crippen LogP contribution in [0.3, 0.4) is 0 Å². The summed E-state index contributed by atoms with van der Waals surface area (Å²) in [7, 11) is 1.57. The molecule has 0 aromatic heterocycles. The van der Waals surface area contributed by atoms with E-state index < -0.39 is 0 Å². The smallest absolute Gasteiger partial charge is 0.125 e. The molecule has 0 aliphatic carbocycles. The summed E-state index contributed by atoms with van der Waals surface area (Å²) in [4.78, 5) is 4.86. The minimum atomic E-state index is 0.591. The third kappa shape index (κ3) is 7.30. The first kappa shape index (κ1) is 22.5. The Morgan fingerprint density at radius 2 is 1.79 bits per heavy atom. The summed E-state index contributed by atoms with van der Waals surface area (Å²) >= 11 is 0. The third-order valence-corrected chi connectivity index (χ3v) is 4.69. The van der Waals surface area contributed by atoms with Crippen LogP contribution in [0, 0.1) is 13.8 Å². The van der Waals surface area contributed by atoms with Crippen LogP contribution in [-0.2, 0) is 11.3 Å². The van der Waals surface area contributed by atoms with Crippen molar-refractivity contribution in [3.05, 3.63) is 70.8 Å². The molecule has 0 heterocycles. The number of rotatable bonds is 11. The van der Waals surface area contributed by atoms with Gasteiger partial charge >= 0.3 is 0 Å². The zero-order chi connectivity index (χ0) is 21.1. The lowest BCUT2D eigenvalue weighted by molar-refractivity contribution is 0.213. The van der Waals surface area contributed by atoms with Gasteiger partial charge in [-0.25, -0.2) is 0 Å². The molecular formula is C25H33NO3. The Hall–Kier alpha value is -2.75. The van der Waals surface area contributed by atoms with Crippen molar-refractivity contribution in [2.24, 2.45) is 5.16 Å². The van der Waals surface area contributed by atoms with Gasteiger partial charge in [0, 0.05) is 0 Å². The summed E-state index contributed by atoms with van der Waals surface area (Å²) in [5, 5.41) is 4.01. The highest BCUT2D eigenvalue weighted by molar-refractivity contribution is 5.98. The predicted octanol–water partition coefficient (Wildman–Crippen LogP) is 6.03. The van der Waals surface area contributed by atoms with Crippen LogP contribution in [0.5, 0.6) is 11.5 Å². The first-order valence-corrected chi connectivity index (χ1v) is 10.2. The monoisotopic (exact) mass is 395 g/mol. The number of oxime groups is 1. The molecule has 156 valence electrons. The van der Waals surface area contributed by atoms with E-state index >= 15 is 0 Å². The Kier molecular flexibility index (Phi) is 9.29. The second-order valence-corrected chi connectivity index (χ2v) is 7.13. The molecule has 29 heavy (non-hydrogen) atoms. The van der Waals surface area contributed by atoms with Gasteiger partial charge in [-0.2, -0.15) is 0 Å². The van der Waals surface area contributed by atoms with E-state index in [1.54, 1.807) is 7.11 Å². The van der Waals surface area contributed by atoms with Crippen LogP contribution in [0.4, 0.5) is 0 Å². The van der Waals surface area contributed by atoms with Gasteiger partial charge in [0.15, 0.2) is 0 Å². The summed E-state index contributed by atoms with van der Waals surface area (Å²) in [5.41, 5.74) is 5.52. The second-order valence-electron chi connectivity index (χ2n) is 7.13. The minimum absolute atomic E-state index is 0.591. The molecule has 2 rings (SSSR count). The lowest BCUT2D eigenvalue weighted by Crippen LogP contribution is -2.03. The fraction of sp³-hybridized carbons (Fsp3) is 0.400. The molecule has 0 spiro atoms. The van der Waals surface area contributed by atoms with E-state index in [1.165, 1.54) is 5.56 Å². The van der Waals surface area contributed by atoms with Gasteiger partial charge < -0.3 is 14.3 Å². The number of hydrogen-bond acceptors (Lipinski definition) is 4. The first-order valence-electron chi connectivity index (χ1n) is 10.2. The van der Waals surface area contributed by atoms with Crippen LogP contribution in [-0.4, -0.2) is 26.0 Å². The van der Waals surface area contributed by atoms with Crippen molar-refractivity contribution in [3.8, 4) is 11.5 Å². The molecule has 0 atom stereocenters. The predicted molar refractivity (Wildman–Crippen MR) is 120 cm³/mol. The average Bonchev–Trinajstić information content (AvgIpc) is 2.70. The number of hydrogen-bond donors (Lipinski definition) is 0. The van der Waals surface area contributed by atoms with Crippen molar-refractivity contribution >= 4 is 5.71 Å². The molecule has 4 heteroatoms. The Labute approximate surface area is 175 Å². The summed E-state index contributed by atoms with van der Waals surface area (Å²) in [6, 6.07) is 12.6. The van der Waals surface area contributed by atoms with E-state index in [1.807, 2.05) is 38.1 Å². The highest BCUT2D eigenvalue weighted by Crippen LogP contribution is 2.28. The van der Waals surface area contributed by atoms with Crippen LogP contribution in [0.2, 0.25) is 0 Å². The lowest BCUT2D eigenvalue weighted by atomic mass is 10.0. The maximum Gasteiger partial charge on any atom is 0.125 e. The quantitative estimate of drug-likeness (QED) is 0.202. The maximum absolute atomic E-state index is 6.07. The normalized spacial score (nSPS) is 11.7. The standard InChI is InChI=1S/C25H33NO3/c1-6-7-14-28-24-16-19(2)25(20(3)17-24)29-15-9-8-11-22-12-10-13-23(18-22)21(4)26-27-5/h6-7,10,12-13,16-18H,8-9,11,14-15H2,1-5H3/b7-6+,26-21-. The van der Waals surface area contributed by atoms with E-state index in [0.29, 0.717) is 13.2 Å². The Bertz CT molecular complexity index is 817. The Morgan fingerprint density at radius 3 is 2.48 bits per heavy atom. The van der Waals surface area contributed by atoms with Crippen molar-refractivity contribution in [2.45, 2.75) is 47.0 Å². The zero-order valence-corrected chi connectivity index (χ0v) is 18.3. The summed E-state index contributed by atoms with van der Waals surface area (Å²) in [6.45, 7) is 9.39. The van der Waals surface area contributed by atoms with E-state index in [0.717, 1.165) is 53.2 Å². The molecule has 0 saturated carbocycles. The summed E-state index contributed by atoms with van der Waals surface area (Å²) in [5.74, 6) is 1.86. The maximum atomic E-state index is 6.07. The topological polar surface area (TPSA) is 40.0 Å². The molecule has 0 aliphatic rings. The summed E-state index contributed by atoms with van der Waals surface area (Å²) in [6.07, 6.45) is 7.09. The highest BCUT2D eigenvalue weighted by atomic mass is 16.6. The molecule has 4 nitrogen and oxygen atoms in total. The van der Waals surface area contributed by atoms with Crippen molar-refractivity contribution in [1.29, 1.82) is 0 Å². The summed E-state index contributed by atoms with van der Waals surface area (Å²) < 4.78 is 11.8. The van der Waals surface area contributed by atoms with Crippen LogP contribution < -0.4 is 9.47 Å². The number of aryl methyl sites for hydroxylation is 3. The molecule has 0 fully saturated rings. The van der Waals surface area contributed by atoms with E-state index in [-0.39, 0.29) is 0 Å². The van der Waals surface area contributed by atoms with Gasteiger partial charge in [0.1, 0.15) is 25.2 Å². The average molecular weight is 396 g/mol.